The second-order valence-corrected chi connectivity index (χ2v) is 4.50. The van der Waals surface area contributed by atoms with E-state index in [-0.39, 0.29) is 5.78 Å². The Hall–Kier alpha value is -1.86. The van der Waals surface area contributed by atoms with Crippen molar-refractivity contribution in [3.63, 3.8) is 0 Å². The smallest absolute Gasteiger partial charge is 0.187 e. The number of aryl methyl sites for hydroxylation is 1. The maximum Gasteiger partial charge on any atom is 0.187 e. The third-order valence-electron chi connectivity index (χ3n) is 2.61. The van der Waals surface area contributed by atoms with Crippen LogP contribution >= 0.6 is 11.6 Å². The van der Waals surface area contributed by atoms with E-state index in [1.54, 1.807) is 24.3 Å². The minimum Gasteiger partial charge on any atom is -0.289 e. The van der Waals surface area contributed by atoms with Crippen molar-refractivity contribution in [2.75, 3.05) is 0 Å². The number of allylic oxidation sites excluding steroid dienone is 1. The summed E-state index contributed by atoms with van der Waals surface area (Å²) in [5, 5.41) is 0.489. The van der Waals surface area contributed by atoms with E-state index in [0.717, 1.165) is 11.1 Å². The Morgan fingerprint density at radius 2 is 1.83 bits per heavy atom. The summed E-state index contributed by atoms with van der Waals surface area (Å²) in [6.07, 6.45) is 3.34. The quantitative estimate of drug-likeness (QED) is 0.582. The predicted octanol–water partition coefficient (Wildman–Crippen LogP) is 4.54. The van der Waals surface area contributed by atoms with Crippen LogP contribution in [0.25, 0.3) is 6.08 Å². The average molecular weight is 257 g/mol. The maximum absolute atomic E-state index is 12.0. The Bertz CT molecular complexity index is 585. The van der Waals surface area contributed by atoms with Crippen LogP contribution in [0.4, 0.5) is 0 Å². The van der Waals surface area contributed by atoms with E-state index in [2.05, 4.69) is 0 Å². The molecule has 0 bridgehead atoms. The lowest BCUT2D eigenvalue weighted by Crippen LogP contribution is -1.96. The van der Waals surface area contributed by atoms with Gasteiger partial charge in [0.2, 0.25) is 0 Å². The molecular weight excluding hydrogens is 244 g/mol. The molecule has 0 amide bonds. The number of benzene rings is 2. The number of hydrogen-bond acceptors (Lipinski definition) is 1. The number of rotatable bonds is 3. The molecular formula is C16H13ClO. The highest BCUT2D eigenvalue weighted by molar-refractivity contribution is 6.34. The highest BCUT2D eigenvalue weighted by Gasteiger charge is 2.07. The van der Waals surface area contributed by atoms with Gasteiger partial charge in [0.1, 0.15) is 0 Å². The van der Waals surface area contributed by atoms with E-state index in [1.807, 2.05) is 43.3 Å². The molecule has 0 aromatic heterocycles. The molecule has 0 fully saturated rings. The first-order valence-corrected chi connectivity index (χ1v) is 6.08. The fourth-order valence-electron chi connectivity index (χ4n) is 1.65. The molecule has 0 atom stereocenters. The molecule has 90 valence electrons. The van der Waals surface area contributed by atoms with Crippen LogP contribution in [-0.2, 0) is 0 Å². The Morgan fingerprint density at radius 1 is 1.11 bits per heavy atom. The van der Waals surface area contributed by atoms with Gasteiger partial charge in [0.15, 0.2) is 5.78 Å². The molecule has 2 aromatic carbocycles. The normalized spacial score (nSPS) is 10.8. The Balaban J connectivity index is 2.22. The van der Waals surface area contributed by atoms with Crippen LogP contribution in [0.1, 0.15) is 21.5 Å². The molecule has 1 nitrogen and oxygen atoms in total. The van der Waals surface area contributed by atoms with Gasteiger partial charge in [0, 0.05) is 5.56 Å². The van der Waals surface area contributed by atoms with E-state index in [9.17, 15) is 4.79 Å². The van der Waals surface area contributed by atoms with Gasteiger partial charge in [0.25, 0.3) is 0 Å². The minimum atomic E-state index is -0.0763. The highest BCUT2D eigenvalue weighted by Crippen LogP contribution is 2.18. The molecule has 0 N–H and O–H groups in total. The maximum atomic E-state index is 12.0. The van der Waals surface area contributed by atoms with Crippen molar-refractivity contribution < 1.29 is 4.79 Å². The topological polar surface area (TPSA) is 17.1 Å². The molecule has 0 unspecified atom stereocenters. The Labute approximate surface area is 112 Å². The van der Waals surface area contributed by atoms with Crippen molar-refractivity contribution in [2.24, 2.45) is 0 Å². The summed E-state index contributed by atoms with van der Waals surface area (Å²) in [7, 11) is 0. The number of carbonyl (C=O) groups excluding carboxylic acids is 1. The van der Waals surface area contributed by atoms with Crippen LogP contribution < -0.4 is 0 Å². The summed E-state index contributed by atoms with van der Waals surface area (Å²) in [6, 6.07) is 15.1. The van der Waals surface area contributed by atoms with E-state index in [4.69, 9.17) is 11.6 Å². The van der Waals surface area contributed by atoms with Crippen molar-refractivity contribution in [3.05, 3.63) is 76.3 Å². The summed E-state index contributed by atoms with van der Waals surface area (Å²) in [5.41, 5.74) is 2.56. The van der Waals surface area contributed by atoms with Gasteiger partial charge in [-0.25, -0.2) is 0 Å². The standard InChI is InChI=1S/C16H13ClO/c1-12-7-9-15(17)14(11-12)16(18)10-8-13-5-3-2-4-6-13/h2-11H,1H3/b10-8+. The number of halogens is 1. The molecule has 2 rings (SSSR count). The molecule has 0 aliphatic carbocycles. The number of ketones is 1. The van der Waals surface area contributed by atoms with E-state index >= 15 is 0 Å². The van der Waals surface area contributed by atoms with Crippen LogP contribution in [-0.4, -0.2) is 5.78 Å². The van der Waals surface area contributed by atoms with Gasteiger partial charge in [-0.2, -0.15) is 0 Å². The van der Waals surface area contributed by atoms with Crippen LogP contribution in [0.15, 0.2) is 54.6 Å². The zero-order valence-corrected chi connectivity index (χ0v) is 10.8. The summed E-state index contributed by atoms with van der Waals surface area (Å²) >= 11 is 6.02. The Kier molecular flexibility index (Phi) is 3.96. The molecule has 18 heavy (non-hydrogen) atoms. The third kappa shape index (κ3) is 3.08. The van der Waals surface area contributed by atoms with E-state index < -0.39 is 0 Å². The second kappa shape index (κ2) is 5.65. The van der Waals surface area contributed by atoms with Crippen LogP contribution in [0.3, 0.4) is 0 Å². The second-order valence-electron chi connectivity index (χ2n) is 4.09. The van der Waals surface area contributed by atoms with Crippen molar-refractivity contribution in [2.45, 2.75) is 6.92 Å². The molecule has 0 heterocycles. The fraction of sp³-hybridized carbons (Fsp3) is 0.0625. The SMILES string of the molecule is Cc1ccc(Cl)c(C(=O)/C=C/c2ccccc2)c1. The lowest BCUT2D eigenvalue weighted by molar-refractivity contribution is 0.104. The first-order valence-electron chi connectivity index (χ1n) is 5.70. The molecule has 0 aliphatic heterocycles. The number of hydrogen-bond donors (Lipinski definition) is 0. The van der Waals surface area contributed by atoms with Gasteiger partial charge in [-0.05, 0) is 30.7 Å². The molecule has 0 radical (unpaired) electrons. The summed E-state index contributed by atoms with van der Waals surface area (Å²) in [4.78, 5) is 12.0. The van der Waals surface area contributed by atoms with E-state index in [0.29, 0.717) is 10.6 Å². The first kappa shape index (κ1) is 12.6. The third-order valence-corrected chi connectivity index (χ3v) is 2.94. The molecule has 2 heteroatoms. The van der Waals surface area contributed by atoms with Crippen LogP contribution in [0.2, 0.25) is 5.02 Å². The predicted molar refractivity (Wildman–Crippen MR) is 76.0 cm³/mol. The van der Waals surface area contributed by atoms with Gasteiger partial charge >= 0.3 is 0 Å². The molecule has 2 aromatic rings. The Morgan fingerprint density at radius 3 is 2.56 bits per heavy atom. The van der Waals surface area contributed by atoms with Crippen molar-refractivity contribution in [1.29, 1.82) is 0 Å². The van der Waals surface area contributed by atoms with E-state index in [1.165, 1.54) is 0 Å². The molecule has 0 saturated carbocycles. The molecule has 0 saturated heterocycles. The molecule has 0 spiro atoms. The van der Waals surface area contributed by atoms with Gasteiger partial charge in [-0.1, -0.05) is 59.6 Å². The lowest BCUT2D eigenvalue weighted by atomic mass is 10.1. The summed E-state index contributed by atoms with van der Waals surface area (Å²) < 4.78 is 0. The first-order chi connectivity index (χ1) is 8.66. The van der Waals surface area contributed by atoms with Crippen molar-refractivity contribution in [3.8, 4) is 0 Å². The zero-order valence-electron chi connectivity index (χ0n) is 10.1. The largest absolute Gasteiger partial charge is 0.289 e. The van der Waals surface area contributed by atoms with Gasteiger partial charge in [0.05, 0.1) is 5.02 Å². The monoisotopic (exact) mass is 256 g/mol. The molecule has 0 aliphatic rings. The van der Waals surface area contributed by atoms with Crippen LogP contribution in [0.5, 0.6) is 0 Å². The fourth-order valence-corrected chi connectivity index (χ4v) is 1.86. The minimum absolute atomic E-state index is 0.0763. The average Bonchev–Trinajstić information content (AvgIpc) is 2.40. The van der Waals surface area contributed by atoms with Crippen molar-refractivity contribution in [1.82, 2.24) is 0 Å². The van der Waals surface area contributed by atoms with Gasteiger partial charge in [-0.3, -0.25) is 4.79 Å². The van der Waals surface area contributed by atoms with Crippen LogP contribution in [0, 0.1) is 6.92 Å². The van der Waals surface area contributed by atoms with Crippen molar-refractivity contribution >= 4 is 23.5 Å². The lowest BCUT2D eigenvalue weighted by Gasteiger charge is -2.01. The number of carbonyl (C=O) groups is 1. The zero-order chi connectivity index (χ0) is 13.0. The summed E-state index contributed by atoms with van der Waals surface area (Å²) in [6.45, 7) is 1.94. The van der Waals surface area contributed by atoms with Gasteiger partial charge < -0.3 is 0 Å². The summed E-state index contributed by atoms with van der Waals surface area (Å²) in [5.74, 6) is -0.0763. The highest BCUT2D eigenvalue weighted by atomic mass is 35.5. The van der Waals surface area contributed by atoms with Gasteiger partial charge in [-0.15, -0.1) is 0 Å².